The van der Waals surface area contributed by atoms with Crippen LogP contribution < -0.4 is 10.5 Å². The Hall–Kier alpha value is -1.40. The molecule has 0 aliphatic heterocycles. The second-order valence-corrected chi connectivity index (χ2v) is 7.09. The second kappa shape index (κ2) is 7.24. The molecule has 6 heteroatoms. The molecule has 0 amide bonds. The molecule has 2 aromatic rings. The van der Waals surface area contributed by atoms with Gasteiger partial charge in [0.25, 0.3) is 0 Å². The Balaban J connectivity index is 2.15. The van der Waals surface area contributed by atoms with Crippen molar-refractivity contribution in [2.45, 2.75) is 30.8 Å². The first-order valence-electron chi connectivity index (χ1n) is 7.00. The molecule has 0 spiro atoms. The summed E-state index contributed by atoms with van der Waals surface area (Å²) in [4.78, 5) is 0.132. The van der Waals surface area contributed by atoms with Gasteiger partial charge >= 0.3 is 0 Å². The molecule has 0 fully saturated rings. The number of benzene rings is 2. The van der Waals surface area contributed by atoms with E-state index < -0.39 is 10.0 Å². The quantitative estimate of drug-likeness (QED) is 0.849. The largest absolute Gasteiger partial charge is 0.306 e. The average molecular weight is 339 g/mol. The maximum absolute atomic E-state index is 11.5. The molecule has 1 atom stereocenters. The molecule has 0 saturated carbocycles. The first-order valence-corrected chi connectivity index (χ1v) is 8.93. The number of rotatable bonds is 6. The third-order valence-corrected chi connectivity index (χ3v) is 4.58. The zero-order valence-corrected chi connectivity index (χ0v) is 13.9. The molecule has 118 valence electrons. The van der Waals surface area contributed by atoms with Crippen LogP contribution in [0.2, 0.25) is 5.02 Å². The highest BCUT2D eigenvalue weighted by Crippen LogP contribution is 2.20. The molecule has 0 saturated heterocycles. The molecule has 4 nitrogen and oxygen atoms in total. The minimum atomic E-state index is -3.69. The molecular formula is C16H19ClN2O2S. The minimum absolute atomic E-state index is 0.0423. The molecule has 0 bridgehead atoms. The van der Waals surface area contributed by atoms with Gasteiger partial charge in [0.15, 0.2) is 0 Å². The van der Waals surface area contributed by atoms with Gasteiger partial charge in [-0.3, -0.25) is 0 Å². The van der Waals surface area contributed by atoms with Crippen LogP contribution in [0.15, 0.2) is 53.4 Å². The first-order chi connectivity index (χ1) is 10.4. The Morgan fingerprint density at radius 1 is 1.18 bits per heavy atom. The molecule has 2 rings (SSSR count). The van der Waals surface area contributed by atoms with Crippen molar-refractivity contribution in [2.24, 2.45) is 5.14 Å². The summed E-state index contributed by atoms with van der Waals surface area (Å²) in [7, 11) is -3.69. The van der Waals surface area contributed by atoms with E-state index in [9.17, 15) is 8.42 Å². The predicted molar refractivity (Wildman–Crippen MR) is 89.1 cm³/mol. The van der Waals surface area contributed by atoms with E-state index in [1.54, 1.807) is 12.1 Å². The Bertz CT molecular complexity index is 747. The highest BCUT2D eigenvalue weighted by atomic mass is 35.5. The molecule has 0 aliphatic carbocycles. The summed E-state index contributed by atoms with van der Waals surface area (Å²) in [5, 5.41) is 9.30. The van der Waals surface area contributed by atoms with Crippen molar-refractivity contribution in [1.29, 1.82) is 0 Å². The van der Waals surface area contributed by atoms with Crippen LogP contribution in [0.1, 0.15) is 30.5 Å². The molecule has 0 aromatic heterocycles. The van der Waals surface area contributed by atoms with Gasteiger partial charge in [-0.1, -0.05) is 42.8 Å². The topological polar surface area (TPSA) is 72.2 Å². The van der Waals surface area contributed by atoms with Gasteiger partial charge in [-0.25, -0.2) is 13.6 Å². The predicted octanol–water partition coefficient (Wildman–Crippen LogP) is 3.23. The summed E-state index contributed by atoms with van der Waals surface area (Å²) >= 11 is 5.97. The second-order valence-electron chi connectivity index (χ2n) is 5.09. The van der Waals surface area contributed by atoms with Gasteiger partial charge in [-0.2, -0.15) is 0 Å². The standard InChI is InChI=1S/C16H19ClN2O2S/c1-2-16(19-11-12-5-3-7-14(17)9-12)13-6-4-8-15(10-13)22(18,20)21/h3-10,16,19H,2,11H2,1H3,(H2,18,20,21). The fraction of sp³-hybridized carbons (Fsp3) is 0.250. The number of hydrogen-bond acceptors (Lipinski definition) is 3. The fourth-order valence-corrected chi connectivity index (χ4v) is 3.08. The molecule has 2 aromatic carbocycles. The van der Waals surface area contributed by atoms with Gasteiger partial charge in [0.1, 0.15) is 0 Å². The van der Waals surface area contributed by atoms with Crippen LogP contribution in [0.3, 0.4) is 0 Å². The summed E-state index contributed by atoms with van der Waals surface area (Å²) in [5.41, 5.74) is 1.98. The number of nitrogens with one attached hydrogen (secondary N) is 1. The Morgan fingerprint density at radius 2 is 1.91 bits per heavy atom. The number of hydrogen-bond donors (Lipinski definition) is 2. The van der Waals surface area contributed by atoms with Crippen LogP contribution in [0.4, 0.5) is 0 Å². The third-order valence-electron chi connectivity index (χ3n) is 3.44. The summed E-state index contributed by atoms with van der Waals surface area (Å²) in [6, 6.07) is 14.4. The Labute approximate surface area is 136 Å². The molecule has 3 N–H and O–H groups in total. The molecule has 22 heavy (non-hydrogen) atoms. The van der Waals surface area contributed by atoms with Gasteiger partial charge in [0.2, 0.25) is 10.0 Å². The fourth-order valence-electron chi connectivity index (χ4n) is 2.29. The SMILES string of the molecule is CCC(NCc1cccc(Cl)c1)c1cccc(S(N)(=O)=O)c1. The lowest BCUT2D eigenvalue weighted by Gasteiger charge is -2.18. The van der Waals surface area contributed by atoms with Gasteiger partial charge in [-0.15, -0.1) is 0 Å². The van der Waals surface area contributed by atoms with Crippen molar-refractivity contribution in [3.05, 3.63) is 64.7 Å². The van der Waals surface area contributed by atoms with Crippen molar-refractivity contribution in [1.82, 2.24) is 5.32 Å². The summed E-state index contributed by atoms with van der Waals surface area (Å²) in [6.07, 6.45) is 0.828. The van der Waals surface area contributed by atoms with Gasteiger partial charge in [0, 0.05) is 17.6 Å². The lowest BCUT2D eigenvalue weighted by atomic mass is 10.0. The summed E-state index contributed by atoms with van der Waals surface area (Å²) in [5.74, 6) is 0. The normalized spacial score (nSPS) is 13.0. The third kappa shape index (κ3) is 4.55. The van der Waals surface area contributed by atoms with Crippen LogP contribution >= 0.6 is 11.6 Å². The Morgan fingerprint density at radius 3 is 2.55 bits per heavy atom. The maximum Gasteiger partial charge on any atom is 0.238 e. The number of primary sulfonamides is 1. The minimum Gasteiger partial charge on any atom is -0.306 e. The van der Waals surface area contributed by atoms with Crippen LogP contribution in [0, 0.1) is 0 Å². The van der Waals surface area contributed by atoms with Crippen molar-refractivity contribution in [3.63, 3.8) is 0 Å². The zero-order chi connectivity index (χ0) is 16.2. The lowest BCUT2D eigenvalue weighted by molar-refractivity contribution is 0.518. The van der Waals surface area contributed by atoms with E-state index in [1.807, 2.05) is 37.3 Å². The zero-order valence-electron chi connectivity index (χ0n) is 12.3. The van der Waals surface area contributed by atoms with E-state index in [2.05, 4.69) is 5.32 Å². The van der Waals surface area contributed by atoms with E-state index in [0.717, 1.165) is 17.5 Å². The van der Waals surface area contributed by atoms with E-state index in [1.165, 1.54) is 6.07 Å². The number of sulfonamides is 1. The smallest absolute Gasteiger partial charge is 0.238 e. The molecule has 1 unspecified atom stereocenters. The van der Waals surface area contributed by atoms with E-state index in [0.29, 0.717) is 11.6 Å². The van der Waals surface area contributed by atoms with Gasteiger partial charge in [0.05, 0.1) is 4.90 Å². The van der Waals surface area contributed by atoms with Crippen molar-refractivity contribution < 1.29 is 8.42 Å². The Kier molecular flexibility index (Phi) is 5.58. The van der Waals surface area contributed by atoms with Crippen LogP contribution in [0.25, 0.3) is 0 Å². The molecule has 0 radical (unpaired) electrons. The van der Waals surface area contributed by atoms with E-state index in [4.69, 9.17) is 16.7 Å². The summed E-state index contributed by atoms with van der Waals surface area (Å²) in [6.45, 7) is 2.69. The maximum atomic E-state index is 11.5. The van der Waals surface area contributed by atoms with Crippen LogP contribution in [-0.4, -0.2) is 8.42 Å². The molecule has 0 heterocycles. The number of nitrogens with two attached hydrogens (primary N) is 1. The highest BCUT2D eigenvalue weighted by Gasteiger charge is 2.13. The van der Waals surface area contributed by atoms with Gasteiger partial charge < -0.3 is 5.32 Å². The van der Waals surface area contributed by atoms with Crippen LogP contribution in [-0.2, 0) is 16.6 Å². The molecular weight excluding hydrogens is 320 g/mol. The van der Waals surface area contributed by atoms with Crippen molar-refractivity contribution in [2.75, 3.05) is 0 Å². The molecule has 0 aliphatic rings. The van der Waals surface area contributed by atoms with Crippen LogP contribution in [0.5, 0.6) is 0 Å². The average Bonchev–Trinajstić information content (AvgIpc) is 2.47. The monoisotopic (exact) mass is 338 g/mol. The first kappa shape index (κ1) is 17.0. The van der Waals surface area contributed by atoms with E-state index >= 15 is 0 Å². The lowest BCUT2D eigenvalue weighted by Crippen LogP contribution is -2.21. The van der Waals surface area contributed by atoms with Crippen molar-refractivity contribution in [3.8, 4) is 0 Å². The highest BCUT2D eigenvalue weighted by molar-refractivity contribution is 7.89. The summed E-state index contributed by atoms with van der Waals surface area (Å²) < 4.78 is 22.9. The number of halogens is 1. The van der Waals surface area contributed by atoms with Gasteiger partial charge in [-0.05, 0) is 41.8 Å². The van der Waals surface area contributed by atoms with E-state index in [-0.39, 0.29) is 10.9 Å². The van der Waals surface area contributed by atoms with Crippen molar-refractivity contribution >= 4 is 21.6 Å².